The van der Waals surface area contributed by atoms with Crippen molar-refractivity contribution in [1.29, 1.82) is 0 Å². The van der Waals surface area contributed by atoms with Crippen LogP contribution in [0.1, 0.15) is 10.4 Å². The van der Waals surface area contributed by atoms with Gasteiger partial charge in [0.2, 0.25) is 0 Å². The molecule has 0 heterocycles. The van der Waals surface area contributed by atoms with Crippen LogP contribution in [-0.2, 0) is 0 Å². The summed E-state index contributed by atoms with van der Waals surface area (Å²) in [4.78, 5) is 12.3. The van der Waals surface area contributed by atoms with E-state index in [0.717, 1.165) is 33.7 Å². The van der Waals surface area contributed by atoms with Crippen LogP contribution in [0.15, 0.2) is 144 Å². The summed E-state index contributed by atoms with van der Waals surface area (Å²) in [7, 11) is 0. The second kappa shape index (κ2) is 10.5. The number of aldehydes is 1. The van der Waals surface area contributed by atoms with Crippen LogP contribution in [0.4, 0.5) is 0 Å². The van der Waals surface area contributed by atoms with Crippen LogP contribution in [0.25, 0.3) is 88.0 Å². The minimum Gasteiger partial charge on any atom is -0.298 e. The minimum absolute atomic E-state index is 0.567. The number of hydrogen-bond acceptors (Lipinski definition) is 1. The maximum atomic E-state index is 12.3. The summed E-state index contributed by atoms with van der Waals surface area (Å²) >= 11 is 10.1. The molecule has 8 aromatic carbocycles. The Morgan fingerprint density at radius 2 is 1.13 bits per heavy atom. The van der Waals surface area contributed by atoms with E-state index in [0.29, 0.717) is 15.1 Å². The number of benzene rings is 8. The Labute approximate surface area is 279 Å². The van der Waals surface area contributed by atoms with Crippen molar-refractivity contribution in [3.63, 3.8) is 0 Å². The van der Waals surface area contributed by atoms with Crippen LogP contribution in [0.5, 0.6) is 0 Å². The molecule has 0 N–H and O–H groups in total. The fourth-order valence-electron chi connectivity index (χ4n) is 7.48. The van der Waals surface area contributed by atoms with Gasteiger partial charge in [0.1, 0.15) is 0 Å². The summed E-state index contributed by atoms with van der Waals surface area (Å²) in [5.74, 6) is 0. The Morgan fingerprint density at radius 3 is 1.87 bits per heavy atom. The highest BCUT2D eigenvalue weighted by Gasteiger charge is 2.31. The van der Waals surface area contributed by atoms with Gasteiger partial charge >= 0.3 is 0 Å². The lowest BCUT2D eigenvalue weighted by atomic mass is 9.81. The predicted molar refractivity (Wildman–Crippen MR) is 198 cm³/mol. The van der Waals surface area contributed by atoms with Crippen LogP contribution < -0.4 is 0 Å². The van der Waals surface area contributed by atoms with Crippen molar-refractivity contribution in [3.05, 3.63) is 155 Å². The molecule has 216 valence electrons. The van der Waals surface area contributed by atoms with E-state index in [-0.39, 0.29) is 0 Å². The van der Waals surface area contributed by atoms with Crippen LogP contribution in [-0.4, -0.2) is 6.29 Å². The Balaban J connectivity index is 1.51. The molecular formula is C43H24BrClO. The van der Waals surface area contributed by atoms with Gasteiger partial charge in [0.05, 0.1) is 5.02 Å². The summed E-state index contributed by atoms with van der Waals surface area (Å²) in [5, 5.41) is 7.92. The first kappa shape index (κ1) is 27.3. The third kappa shape index (κ3) is 3.97. The van der Waals surface area contributed by atoms with E-state index in [1.165, 1.54) is 60.5 Å². The number of carbonyl (C=O) groups excluding carboxylic acids is 1. The molecule has 0 spiro atoms. The highest BCUT2D eigenvalue weighted by molar-refractivity contribution is 9.10. The number of halogens is 2. The van der Waals surface area contributed by atoms with Crippen molar-refractivity contribution in [2.24, 2.45) is 0 Å². The summed E-state index contributed by atoms with van der Waals surface area (Å²) in [6.45, 7) is 0. The standard InChI is InChI=1S/C43H24BrClO/c44-37-22-29(24-46)34(23-38(37)45)28-18-19-32-35(20-28)40(26-12-5-2-6-13-26)42-33-17-9-16-31-30-15-8-7-14-27(30)21-36(41(31)33)43(42)39(32)25-10-3-1-4-11-25/h1-24H. The molecule has 0 fully saturated rings. The monoisotopic (exact) mass is 670 g/mol. The van der Waals surface area contributed by atoms with Crippen LogP contribution in [0, 0.1) is 0 Å². The Hall–Kier alpha value is -5.02. The fraction of sp³-hybridized carbons (Fsp3) is 0. The minimum atomic E-state index is 0.567. The molecule has 0 aliphatic heterocycles. The lowest BCUT2D eigenvalue weighted by molar-refractivity contribution is 0.112. The van der Waals surface area contributed by atoms with Crippen LogP contribution in [0.2, 0.25) is 5.02 Å². The second-order valence-corrected chi connectivity index (χ2v) is 13.1. The van der Waals surface area contributed by atoms with Gasteiger partial charge < -0.3 is 0 Å². The van der Waals surface area contributed by atoms with E-state index in [4.69, 9.17) is 11.6 Å². The first-order chi connectivity index (χ1) is 22.6. The molecule has 46 heavy (non-hydrogen) atoms. The van der Waals surface area contributed by atoms with Crippen LogP contribution >= 0.6 is 27.5 Å². The molecule has 0 radical (unpaired) electrons. The van der Waals surface area contributed by atoms with Gasteiger partial charge in [0.25, 0.3) is 0 Å². The van der Waals surface area contributed by atoms with E-state index < -0.39 is 0 Å². The first-order valence-corrected chi connectivity index (χ1v) is 16.4. The molecule has 0 unspecified atom stereocenters. The first-order valence-electron chi connectivity index (χ1n) is 15.3. The van der Waals surface area contributed by atoms with Gasteiger partial charge in [-0.15, -0.1) is 0 Å². The van der Waals surface area contributed by atoms with E-state index in [1.54, 1.807) is 6.07 Å². The van der Waals surface area contributed by atoms with Gasteiger partial charge in [0, 0.05) is 10.0 Å². The van der Waals surface area contributed by atoms with Crippen molar-refractivity contribution in [2.75, 3.05) is 0 Å². The Kier molecular flexibility index (Phi) is 6.25. The molecule has 3 heteroatoms. The molecule has 0 aromatic heterocycles. The molecule has 0 atom stereocenters. The number of fused-ring (bicyclic) bond motifs is 6. The molecule has 0 amide bonds. The normalized spacial score (nSPS) is 11.8. The molecular weight excluding hydrogens is 648 g/mol. The molecule has 8 aromatic rings. The van der Waals surface area contributed by atoms with Crippen molar-refractivity contribution in [3.8, 4) is 55.6 Å². The lowest BCUT2D eigenvalue weighted by Gasteiger charge is -2.21. The maximum absolute atomic E-state index is 12.3. The molecule has 1 aliphatic rings. The van der Waals surface area contributed by atoms with E-state index >= 15 is 0 Å². The average Bonchev–Trinajstić information content (AvgIpc) is 3.43. The van der Waals surface area contributed by atoms with E-state index in [1.807, 2.05) is 6.07 Å². The summed E-state index contributed by atoms with van der Waals surface area (Å²) in [6, 6.07) is 49.5. The Bertz CT molecular complexity index is 2550. The van der Waals surface area contributed by atoms with Gasteiger partial charge in [-0.1, -0.05) is 127 Å². The number of carbonyl (C=O) groups is 1. The third-order valence-corrected chi connectivity index (χ3v) is 10.6. The summed E-state index contributed by atoms with van der Waals surface area (Å²) < 4.78 is 0.702. The number of hydrogen-bond donors (Lipinski definition) is 0. The molecule has 1 aliphatic carbocycles. The molecule has 0 saturated heterocycles. The van der Waals surface area contributed by atoms with Crippen molar-refractivity contribution >= 4 is 66.1 Å². The zero-order chi connectivity index (χ0) is 30.9. The largest absolute Gasteiger partial charge is 0.298 e. The third-order valence-electron chi connectivity index (χ3n) is 9.39. The second-order valence-electron chi connectivity index (χ2n) is 11.8. The van der Waals surface area contributed by atoms with Gasteiger partial charge in [-0.05, 0) is 128 Å². The molecule has 1 nitrogen and oxygen atoms in total. The van der Waals surface area contributed by atoms with E-state index in [9.17, 15) is 4.79 Å². The van der Waals surface area contributed by atoms with Crippen molar-refractivity contribution < 1.29 is 4.79 Å². The zero-order valence-electron chi connectivity index (χ0n) is 24.5. The van der Waals surface area contributed by atoms with Gasteiger partial charge in [0.15, 0.2) is 6.29 Å². The van der Waals surface area contributed by atoms with Crippen LogP contribution in [0.3, 0.4) is 0 Å². The average molecular weight is 672 g/mol. The van der Waals surface area contributed by atoms with Crippen molar-refractivity contribution in [1.82, 2.24) is 0 Å². The highest BCUT2D eigenvalue weighted by atomic mass is 79.9. The molecule has 0 bridgehead atoms. The zero-order valence-corrected chi connectivity index (χ0v) is 26.9. The van der Waals surface area contributed by atoms with E-state index in [2.05, 4.69) is 143 Å². The molecule has 0 saturated carbocycles. The van der Waals surface area contributed by atoms with Gasteiger partial charge in [-0.3, -0.25) is 4.79 Å². The van der Waals surface area contributed by atoms with Gasteiger partial charge in [-0.25, -0.2) is 0 Å². The van der Waals surface area contributed by atoms with Gasteiger partial charge in [-0.2, -0.15) is 0 Å². The lowest BCUT2D eigenvalue weighted by Crippen LogP contribution is -1.95. The predicted octanol–water partition coefficient (Wildman–Crippen LogP) is 13.0. The Morgan fingerprint density at radius 1 is 0.478 bits per heavy atom. The highest BCUT2D eigenvalue weighted by Crippen LogP contribution is 2.58. The quantitative estimate of drug-likeness (QED) is 0.134. The fourth-order valence-corrected chi connectivity index (χ4v) is 8.01. The molecule has 9 rings (SSSR count). The smallest absolute Gasteiger partial charge is 0.150 e. The SMILES string of the molecule is O=Cc1cc(Br)c(Cl)cc1-c1ccc2c(-c3ccccc3)c3c(c(-c4ccccc4)c2c1)-c1cccc2c1c-3cc1ccccc12. The summed E-state index contributed by atoms with van der Waals surface area (Å²) in [5.41, 5.74) is 12.1. The number of rotatable bonds is 4. The maximum Gasteiger partial charge on any atom is 0.150 e. The van der Waals surface area contributed by atoms with Crippen molar-refractivity contribution in [2.45, 2.75) is 0 Å². The summed E-state index contributed by atoms with van der Waals surface area (Å²) in [6.07, 6.45) is 0.902. The topological polar surface area (TPSA) is 17.1 Å².